The molecule has 212 valence electrons. The number of carboxylic acids is 1. The molecule has 3 N–H and O–H groups in total. The Morgan fingerprint density at radius 2 is 1.31 bits per heavy atom. The first-order valence-corrected chi connectivity index (χ1v) is 14.6. The first-order chi connectivity index (χ1) is 17.3. The van der Waals surface area contributed by atoms with E-state index in [0.29, 0.717) is 25.7 Å². The minimum Gasteiger partial charge on any atom is -0.481 e. The van der Waals surface area contributed by atoms with Gasteiger partial charge in [-0.15, -0.1) is 0 Å². The monoisotopic (exact) mass is 513 g/mol. The van der Waals surface area contributed by atoms with Crippen LogP contribution in [0.1, 0.15) is 137 Å². The van der Waals surface area contributed by atoms with Crippen LogP contribution in [0.2, 0.25) is 0 Å². The second-order valence-electron chi connectivity index (χ2n) is 10.7. The lowest BCUT2D eigenvalue weighted by atomic mass is 9.90. The molecule has 0 aliphatic carbocycles. The summed E-state index contributed by atoms with van der Waals surface area (Å²) in [7, 11) is 0. The first kappa shape index (κ1) is 34.4. The van der Waals surface area contributed by atoms with E-state index in [0.717, 1.165) is 44.9 Å². The fourth-order valence-corrected chi connectivity index (χ4v) is 4.64. The summed E-state index contributed by atoms with van der Waals surface area (Å²) >= 11 is 0. The number of carboxylic acid groups (broad SMARTS) is 1. The van der Waals surface area contributed by atoms with Gasteiger partial charge in [0.05, 0.1) is 12.0 Å². The van der Waals surface area contributed by atoms with Crippen LogP contribution in [-0.2, 0) is 19.1 Å². The number of aliphatic hydroxyl groups is 1. The van der Waals surface area contributed by atoms with Crippen LogP contribution in [0.15, 0.2) is 0 Å². The van der Waals surface area contributed by atoms with E-state index in [1.165, 1.54) is 38.5 Å². The van der Waals surface area contributed by atoms with Crippen LogP contribution < -0.4 is 5.32 Å². The number of carbonyl (C=O) groups is 3. The Kier molecular flexibility index (Phi) is 21.5. The van der Waals surface area contributed by atoms with Crippen molar-refractivity contribution in [3.8, 4) is 0 Å². The number of nitrogens with one attached hydrogen (secondary N) is 1. The summed E-state index contributed by atoms with van der Waals surface area (Å²) in [4.78, 5) is 35.7. The van der Waals surface area contributed by atoms with Gasteiger partial charge in [0.25, 0.3) is 0 Å². The lowest BCUT2D eigenvalue weighted by Crippen LogP contribution is -2.41. The third-order valence-electron chi connectivity index (χ3n) is 6.83. The molecule has 0 fully saturated rings. The number of aliphatic carboxylic acids is 1. The summed E-state index contributed by atoms with van der Waals surface area (Å²) in [6.07, 6.45) is 14.7. The minimum atomic E-state index is -1.08. The number of amides is 1. The molecule has 7 heteroatoms. The predicted molar refractivity (Wildman–Crippen MR) is 145 cm³/mol. The Hall–Kier alpha value is -1.63. The van der Waals surface area contributed by atoms with Gasteiger partial charge in [0.2, 0.25) is 6.41 Å². The van der Waals surface area contributed by atoms with Crippen LogP contribution in [0.5, 0.6) is 0 Å². The zero-order valence-electron chi connectivity index (χ0n) is 23.5. The van der Waals surface area contributed by atoms with Crippen LogP contribution in [-0.4, -0.2) is 46.8 Å². The largest absolute Gasteiger partial charge is 0.481 e. The smallest absolute Gasteiger partial charge is 0.328 e. The molecule has 0 radical (unpaired) electrons. The molecular weight excluding hydrogens is 458 g/mol. The third kappa shape index (κ3) is 17.7. The highest BCUT2D eigenvalue weighted by Gasteiger charge is 2.31. The highest BCUT2D eigenvalue weighted by Crippen LogP contribution is 2.23. The van der Waals surface area contributed by atoms with E-state index < -0.39 is 36.1 Å². The Bertz CT molecular complexity index is 568. The SMILES string of the molecule is CCCCCCCCCCC[C@@H](C[C@@H](O)[C@H](CCCCCC)C(=O)O)OC(=O)[C@H](CC(C)C)NC=O. The number of aliphatic hydroxyl groups excluding tert-OH is 1. The van der Waals surface area contributed by atoms with Gasteiger partial charge in [0.15, 0.2) is 0 Å². The van der Waals surface area contributed by atoms with Gasteiger partial charge in [0.1, 0.15) is 12.1 Å². The molecule has 0 saturated heterocycles. The maximum atomic E-state index is 12.8. The maximum Gasteiger partial charge on any atom is 0.328 e. The molecule has 1 amide bonds. The van der Waals surface area contributed by atoms with Gasteiger partial charge >= 0.3 is 11.9 Å². The second kappa shape index (κ2) is 22.6. The average molecular weight is 514 g/mol. The standard InChI is InChI=1S/C29H55NO6/c1-5-7-9-11-12-13-14-15-16-18-24(36-29(35)26(30-22-31)20-23(3)4)21-27(32)25(28(33)34)19-17-10-8-6-2/h22-27,32H,5-21H2,1-4H3,(H,30,31)(H,33,34)/t24-,25-,26-,27+/m0/s1. The van der Waals surface area contributed by atoms with Gasteiger partial charge in [0, 0.05) is 6.42 Å². The number of esters is 1. The van der Waals surface area contributed by atoms with Gasteiger partial charge in [-0.25, -0.2) is 4.79 Å². The summed E-state index contributed by atoms with van der Waals surface area (Å²) in [6.45, 7) is 8.24. The van der Waals surface area contributed by atoms with Crippen molar-refractivity contribution in [1.82, 2.24) is 5.32 Å². The fourth-order valence-electron chi connectivity index (χ4n) is 4.64. The van der Waals surface area contributed by atoms with Crippen molar-refractivity contribution in [3.63, 3.8) is 0 Å². The Morgan fingerprint density at radius 1 is 0.806 bits per heavy atom. The van der Waals surface area contributed by atoms with Gasteiger partial charge in [-0.3, -0.25) is 9.59 Å². The fraction of sp³-hybridized carbons (Fsp3) is 0.897. The molecule has 0 bridgehead atoms. The van der Waals surface area contributed by atoms with E-state index in [2.05, 4.69) is 19.2 Å². The molecule has 0 aromatic carbocycles. The van der Waals surface area contributed by atoms with E-state index in [1.807, 2.05) is 13.8 Å². The van der Waals surface area contributed by atoms with Crippen LogP contribution in [0.25, 0.3) is 0 Å². The maximum absolute atomic E-state index is 12.8. The van der Waals surface area contributed by atoms with Gasteiger partial charge in [-0.05, 0) is 31.6 Å². The average Bonchev–Trinajstić information content (AvgIpc) is 2.81. The van der Waals surface area contributed by atoms with E-state index >= 15 is 0 Å². The lowest BCUT2D eigenvalue weighted by Gasteiger charge is -2.26. The van der Waals surface area contributed by atoms with E-state index in [-0.39, 0.29) is 12.3 Å². The van der Waals surface area contributed by atoms with Crippen molar-refractivity contribution < 1.29 is 29.3 Å². The summed E-state index contributed by atoms with van der Waals surface area (Å²) in [6, 6.07) is -0.741. The second-order valence-corrected chi connectivity index (χ2v) is 10.7. The van der Waals surface area contributed by atoms with Crippen molar-refractivity contribution in [3.05, 3.63) is 0 Å². The van der Waals surface area contributed by atoms with Crippen molar-refractivity contribution in [2.75, 3.05) is 0 Å². The highest BCUT2D eigenvalue weighted by molar-refractivity contribution is 5.78. The first-order valence-electron chi connectivity index (χ1n) is 14.6. The quantitative estimate of drug-likeness (QED) is 0.0739. The summed E-state index contributed by atoms with van der Waals surface area (Å²) in [5, 5.41) is 23.0. The molecule has 0 aromatic rings. The van der Waals surface area contributed by atoms with Gasteiger partial charge in [-0.2, -0.15) is 0 Å². The molecule has 7 nitrogen and oxygen atoms in total. The molecule has 0 heterocycles. The van der Waals surface area contributed by atoms with E-state index in [4.69, 9.17) is 4.74 Å². The van der Waals surface area contributed by atoms with E-state index in [1.54, 1.807) is 0 Å². The zero-order chi connectivity index (χ0) is 27.2. The highest BCUT2D eigenvalue weighted by atomic mass is 16.5. The number of hydrogen-bond acceptors (Lipinski definition) is 5. The Labute approximate surface area is 220 Å². The number of unbranched alkanes of at least 4 members (excludes halogenated alkanes) is 11. The van der Waals surface area contributed by atoms with Crippen molar-refractivity contribution in [1.29, 1.82) is 0 Å². The minimum absolute atomic E-state index is 0.100. The molecule has 4 atom stereocenters. The summed E-state index contributed by atoms with van der Waals surface area (Å²) in [5.74, 6) is -2.20. The number of ether oxygens (including phenoxy) is 1. The van der Waals surface area contributed by atoms with E-state index in [9.17, 15) is 24.6 Å². The Morgan fingerprint density at radius 3 is 1.81 bits per heavy atom. The number of carbonyl (C=O) groups excluding carboxylic acids is 2. The molecule has 0 rings (SSSR count). The topological polar surface area (TPSA) is 113 Å². The molecule has 0 spiro atoms. The zero-order valence-corrected chi connectivity index (χ0v) is 23.5. The molecule has 0 aliphatic rings. The summed E-state index contributed by atoms with van der Waals surface area (Å²) in [5.41, 5.74) is 0. The number of hydrogen-bond donors (Lipinski definition) is 3. The van der Waals surface area contributed by atoms with Gasteiger partial charge in [-0.1, -0.05) is 105 Å². The third-order valence-corrected chi connectivity index (χ3v) is 6.83. The normalized spacial score (nSPS) is 14.7. The molecule has 0 aromatic heterocycles. The van der Waals surface area contributed by atoms with Gasteiger partial charge < -0.3 is 20.3 Å². The molecular formula is C29H55NO6. The molecule has 0 aliphatic heterocycles. The van der Waals surface area contributed by atoms with Crippen LogP contribution in [0.3, 0.4) is 0 Å². The van der Waals surface area contributed by atoms with Crippen LogP contribution >= 0.6 is 0 Å². The number of rotatable bonds is 25. The summed E-state index contributed by atoms with van der Waals surface area (Å²) < 4.78 is 5.77. The molecule has 36 heavy (non-hydrogen) atoms. The van der Waals surface area contributed by atoms with Crippen LogP contribution in [0, 0.1) is 11.8 Å². The van der Waals surface area contributed by atoms with Crippen molar-refractivity contribution in [2.24, 2.45) is 11.8 Å². The van der Waals surface area contributed by atoms with Crippen LogP contribution in [0.4, 0.5) is 0 Å². The Balaban J connectivity index is 4.99. The molecule has 0 saturated carbocycles. The van der Waals surface area contributed by atoms with Crippen molar-refractivity contribution in [2.45, 2.75) is 155 Å². The lowest BCUT2D eigenvalue weighted by molar-refractivity contribution is -0.156. The van der Waals surface area contributed by atoms with Crippen molar-refractivity contribution >= 4 is 18.3 Å². The molecule has 0 unspecified atom stereocenters. The predicted octanol–water partition coefficient (Wildman–Crippen LogP) is 6.40.